The van der Waals surface area contributed by atoms with E-state index in [4.69, 9.17) is 10.5 Å². The summed E-state index contributed by atoms with van der Waals surface area (Å²) in [5.41, 5.74) is 6.66. The number of benzene rings is 2. The van der Waals surface area contributed by atoms with E-state index >= 15 is 0 Å². The molecule has 0 radical (unpaired) electrons. The third-order valence-electron chi connectivity index (χ3n) is 4.76. The van der Waals surface area contributed by atoms with Gasteiger partial charge in [-0.15, -0.1) is 0 Å². The molecule has 0 aromatic heterocycles. The van der Waals surface area contributed by atoms with Crippen LogP contribution in [0.3, 0.4) is 0 Å². The van der Waals surface area contributed by atoms with Gasteiger partial charge in [-0.3, -0.25) is 4.79 Å². The summed E-state index contributed by atoms with van der Waals surface area (Å²) in [6.07, 6.45) is 2.48. The second-order valence-electron chi connectivity index (χ2n) is 6.77. The van der Waals surface area contributed by atoms with Crippen molar-refractivity contribution in [3.05, 3.63) is 66.0 Å². The molecule has 1 amide bonds. The predicted octanol–water partition coefficient (Wildman–Crippen LogP) is 3.16. The summed E-state index contributed by atoms with van der Waals surface area (Å²) >= 11 is 0. The number of para-hydroxylation sites is 1. The van der Waals surface area contributed by atoms with E-state index in [0.717, 1.165) is 25.1 Å². The van der Waals surface area contributed by atoms with Crippen molar-refractivity contribution >= 4 is 5.91 Å². The average molecular weight is 356 g/mol. The molecule has 4 nitrogen and oxygen atoms in total. The largest absolute Gasteiger partial charge is 0.491 e. The zero-order valence-electron chi connectivity index (χ0n) is 14.8. The molecule has 2 aromatic rings. The summed E-state index contributed by atoms with van der Waals surface area (Å²) in [6, 6.07) is 15.9. The highest BCUT2D eigenvalue weighted by Crippen LogP contribution is 2.21. The fourth-order valence-corrected chi connectivity index (χ4v) is 3.41. The van der Waals surface area contributed by atoms with Crippen molar-refractivity contribution in [3.8, 4) is 5.75 Å². The zero-order chi connectivity index (χ0) is 18.4. The van der Waals surface area contributed by atoms with E-state index in [-0.39, 0.29) is 24.2 Å². The first-order valence-electron chi connectivity index (χ1n) is 9.10. The van der Waals surface area contributed by atoms with Crippen LogP contribution in [0.25, 0.3) is 0 Å². The highest BCUT2D eigenvalue weighted by Gasteiger charge is 2.30. The van der Waals surface area contributed by atoms with E-state index in [1.165, 1.54) is 6.07 Å². The highest BCUT2D eigenvalue weighted by atomic mass is 19.1. The Morgan fingerprint density at radius 2 is 1.92 bits per heavy atom. The molecule has 138 valence electrons. The molecule has 5 heteroatoms. The number of ether oxygens (including phenoxy) is 1. The number of carbonyl (C=O) groups excluding carboxylic acids is 1. The molecule has 1 aliphatic heterocycles. The van der Waals surface area contributed by atoms with Gasteiger partial charge >= 0.3 is 0 Å². The number of amides is 1. The molecular weight excluding hydrogens is 331 g/mol. The molecule has 2 N–H and O–H groups in total. The van der Waals surface area contributed by atoms with Crippen LogP contribution in [0.2, 0.25) is 0 Å². The number of nitrogens with zero attached hydrogens (tertiary/aromatic N) is 1. The third-order valence-corrected chi connectivity index (χ3v) is 4.76. The van der Waals surface area contributed by atoms with E-state index in [2.05, 4.69) is 0 Å². The van der Waals surface area contributed by atoms with E-state index in [1.807, 2.05) is 35.2 Å². The van der Waals surface area contributed by atoms with Gasteiger partial charge in [0.15, 0.2) is 0 Å². The summed E-state index contributed by atoms with van der Waals surface area (Å²) in [5, 5.41) is 0. The molecule has 26 heavy (non-hydrogen) atoms. The molecular formula is C21H25FN2O2. The SMILES string of the molecule is N[C@@H](CC(=O)N1CCC[C@H]1COc1ccccc1)Cc1ccccc1F. The lowest BCUT2D eigenvalue weighted by Gasteiger charge is -2.26. The molecule has 1 heterocycles. The van der Waals surface area contributed by atoms with E-state index < -0.39 is 6.04 Å². The third kappa shape index (κ3) is 4.82. The van der Waals surface area contributed by atoms with Crippen LogP contribution in [0, 0.1) is 5.82 Å². The van der Waals surface area contributed by atoms with Crippen LogP contribution in [-0.4, -0.2) is 36.0 Å². The minimum absolute atomic E-state index is 0.0213. The molecule has 0 aliphatic carbocycles. The number of hydrogen-bond donors (Lipinski definition) is 1. The first-order chi connectivity index (χ1) is 12.6. The lowest BCUT2D eigenvalue weighted by Crippen LogP contribution is -2.42. The quantitative estimate of drug-likeness (QED) is 0.829. The van der Waals surface area contributed by atoms with E-state index in [1.54, 1.807) is 18.2 Å². The van der Waals surface area contributed by atoms with Crippen LogP contribution in [-0.2, 0) is 11.2 Å². The maximum atomic E-state index is 13.7. The summed E-state index contributed by atoms with van der Waals surface area (Å²) < 4.78 is 19.6. The number of carbonyl (C=O) groups is 1. The first kappa shape index (κ1) is 18.4. The lowest BCUT2D eigenvalue weighted by atomic mass is 10.0. The Morgan fingerprint density at radius 1 is 1.19 bits per heavy atom. The smallest absolute Gasteiger partial charge is 0.224 e. The Balaban J connectivity index is 1.52. The molecule has 1 saturated heterocycles. The van der Waals surface area contributed by atoms with Gasteiger partial charge in [0.05, 0.1) is 6.04 Å². The van der Waals surface area contributed by atoms with Crippen LogP contribution < -0.4 is 10.5 Å². The van der Waals surface area contributed by atoms with Gasteiger partial charge in [0.25, 0.3) is 0 Å². The molecule has 0 saturated carbocycles. The van der Waals surface area contributed by atoms with Crippen molar-refractivity contribution in [2.24, 2.45) is 5.73 Å². The minimum atomic E-state index is -0.393. The van der Waals surface area contributed by atoms with Crippen LogP contribution in [0.1, 0.15) is 24.8 Å². The van der Waals surface area contributed by atoms with Crippen LogP contribution in [0.15, 0.2) is 54.6 Å². The highest BCUT2D eigenvalue weighted by molar-refractivity contribution is 5.77. The summed E-state index contributed by atoms with van der Waals surface area (Å²) in [6.45, 7) is 1.21. The molecule has 0 bridgehead atoms. The number of nitrogens with two attached hydrogens (primary N) is 1. The second-order valence-corrected chi connectivity index (χ2v) is 6.77. The van der Waals surface area contributed by atoms with Gasteiger partial charge in [0.2, 0.25) is 5.91 Å². The molecule has 3 rings (SSSR count). The zero-order valence-corrected chi connectivity index (χ0v) is 14.8. The Morgan fingerprint density at radius 3 is 2.69 bits per heavy atom. The number of rotatable bonds is 7. The molecule has 2 atom stereocenters. The number of halogens is 1. The van der Waals surface area contributed by atoms with Gasteiger partial charge in [-0.25, -0.2) is 4.39 Å². The maximum absolute atomic E-state index is 13.7. The summed E-state index contributed by atoms with van der Waals surface area (Å²) in [4.78, 5) is 14.5. The molecule has 2 aromatic carbocycles. The van der Waals surface area contributed by atoms with Gasteiger partial charge in [0, 0.05) is 19.0 Å². The summed E-state index contributed by atoms with van der Waals surface area (Å²) in [7, 11) is 0. The average Bonchev–Trinajstić information content (AvgIpc) is 3.11. The number of hydrogen-bond acceptors (Lipinski definition) is 3. The van der Waals surface area contributed by atoms with Gasteiger partial charge in [-0.05, 0) is 43.0 Å². The topological polar surface area (TPSA) is 55.6 Å². The Hall–Kier alpha value is -2.40. The molecule has 0 spiro atoms. The van der Waals surface area contributed by atoms with Crippen molar-refractivity contribution in [2.75, 3.05) is 13.2 Å². The number of likely N-dealkylation sites (tertiary alicyclic amines) is 1. The van der Waals surface area contributed by atoms with Crippen LogP contribution in [0.4, 0.5) is 4.39 Å². The first-order valence-corrected chi connectivity index (χ1v) is 9.10. The van der Waals surface area contributed by atoms with E-state index in [9.17, 15) is 9.18 Å². The van der Waals surface area contributed by atoms with Crippen molar-refractivity contribution in [3.63, 3.8) is 0 Å². The van der Waals surface area contributed by atoms with Crippen LogP contribution >= 0.6 is 0 Å². The molecule has 1 aliphatic rings. The fourth-order valence-electron chi connectivity index (χ4n) is 3.41. The monoisotopic (exact) mass is 356 g/mol. The minimum Gasteiger partial charge on any atom is -0.491 e. The second kappa shape index (κ2) is 8.81. The van der Waals surface area contributed by atoms with Gasteiger partial charge < -0.3 is 15.4 Å². The Bertz CT molecular complexity index is 723. The summed E-state index contributed by atoms with van der Waals surface area (Å²) in [5.74, 6) is 0.557. The Labute approximate surface area is 153 Å². The molecule has 1 fully saturated rings. The maximum Gasteiger partial charge on any atom is 0.224 e. The van der Waals surface area contributed by atoms with E-state index in [0.29, 0.717) is 18.6 Å². The Kier molecular flexibility index (Phi) is 6.23. The fraction of sp³-hybridized carbons (Fsp3) is 0.381. The van der Waals surface area contributed by atoms with Gasteiger partial charge in [-0.1, -0.05) is 36.4 Å². The van der Waals surface area contributed by atoms with Crippen molar-refractivity contribution < 1.29 is 13.9 Å². The predicted molar refractivity (Wildman–Crippen MR) is 99.4 cm³/mol. The molecule has 0 unspecified atom stereocenters. The van der Waals surface area contributed by atoms with Gasteiger partial charge in [-0.2, -0.15) is 0 Å². The van der Waals surface area contributed by atoms with Crippen molar-refractivity contribution in [2.45, 2.75) is 37.8 Å². The standard InChI is InChI=1S/C21H25FN2O2/c22-20-11-5-4-7-16(20)13-17(23)14-21(25)24-12-6-8-18(24)15-26-19-9-2-1-3-10-19/h1-5,7,9-11,17-18H,6,8,12-15,23H2/t17-,18+/m1/s1. The normalized spacial score (nSPS) is 17.9. The van der Waals surface area contributed by atoms with Crippen molar-refractivity contribution in [1.29, 1.82) is 0 Å². The van der Waals surface area contributed by atoms with Crippen molar-refractivity contribution in [1.82, 2.24) is 4.90 Å². The lowest BCUT2D eigenvalue weighted by molar-refractivity contribution is -0.132. The van der Waals surface area contributed by atoms with Gasteiger partial charge in [0.1, 0.15) is 18.2 Å². The van der Waals surface area contributed by atoms with Crippen LogP contribution in [0.5, 0.6) is 5.75 Å².